The highest BCUT2D eigenvalue weighted by atomic mass is 32.1. The molecule has 0 spiro atoms. The van der Waals surface area contributed by atoms with Gasteiger partial charge < -0.3 is 19.8 Å². The van der Waals surface area contributed by atoms with Gasteiger partial charge in [-0.05, 0) is 30.0 Å². The van der Waals surface area contributed by atoms with Crippen molar-refractivity contribution in [3.63, 3.8) is 0 Å². The van der Waals surface area contributed by atoms with Crippen LogP contribution in [0.3, 0.4) is 0 Å². The molecular weight excluding hydrogens is 388 g/mol. The zero-order valence-electron chi connectivity index (χ0n) is 15.9. The number of hydrogen-bond donors (Lipinski definition) is 2. The lowest BCUT2D eigenvalue weighted by Gasteiger charge is -2.10. The van der Waals surface area contributed by atoms with E-state index in [9.17, 15) is 9.59 Å². The average molecular weight is 408 g/mol. The van der Waals surface area contributed by atoms with Gasteiger partial charge >= 0.3 is 0 Å². The monoisotopic (exact) mass is 408 g/mol. The molecule has 4 aromatic rings. The number of fused-ring (bicyclic) bond motifs is 3. The minimum absolute atomic E-state index is 0.114. The number of furan rings is 1. The number of ether oxygens (including phenoxy) is 1. The predicted octanol–water partition coefficient (Wildman–Crippen LogP) is 4.80. The molecule has 0 saturated heterocycles. The van der Waals surface area contributed by atoms with Crippen LogP contribution in [-0.2, 0) is 4.79 Å². The number of thiophene rings is 1. The maximum atomic E-state index is 12.4. The van der Waals surface area contributed by atoms with Crippen LogP contribution in [0.1, 0.15) is 22.5 Å². The molecule has 2 aromatic heterocycles. The Morgan fingerprint density at radius 2 is 1.93 bits per heavy atom. The lowest BCUT2D eigenvalue weighted by molar-refractivity contribution is -0.116. The van der Waals surface area contributed by atoms with Gasteiger partial charge in [-0.3, -0.25) is 9.59 Å². The van der Waals surface area contributed by atoms with E-state index in [4.69, 9.17) is 9.15 Å². The molecule has 2 heterocycles. The number of carbonyl (C=O) groups is 2. The first kappa shape index (κ1) is 19.0. The van der Waals surface area contributed by atoms with Crippen LogP contribution in [0.25, 0.3) is 21.9 Å². The number of methoxy groups -OCH3 is 1. The summed E-state index contributed by atoms with van der Waals surface area (Å²) in [7, 11) is 1.57. The summed E-state index contributed by atoms with van der Waals surface area (Å²) >= 11 is 1.39. The van der Waals surface area contributed by atoms with Crippen LogP contribution in [0.5, 0.6) is 5.75 Å². The fraction of sp³-hybridized carbons (Fsp3) is 0.182. The third-order valence-electron chi connectivity index (χ3n) is 4.58. The van der Waals surface area contributed by atoms with E-state index in [1.54, 1.807) is 19.2 Å². The molecule has 0 aliphatic rings. The van der Waals surface area contributed by atoms with Gasteiger partial charge in [0.2, 0.25) is 5.91 Å². The smallest absolute Gasteiger partial charge is 0.261 e. The minimum atomic E-state index is -0.149. The van der Waals surface area contributed by atoms with Crippen molar-refractivity contribution in [3.8, 4) is 5.75 Å². The van der Waals surface area contributed by atoms with E-state index in [0.717, 1.165) is 16.4 Å². The average Bonchev–Trinajstić information content (AvgIpc) is 3.38. The molecule has 0 aliphatic heterocycles. The maximum absolute atomic E-state index is 12.4. The van der Waals surface area contributed by atoms with Gasteiger partial charge in [0.15, 0.2) is 0 Å². The van der Waals surface area contributed by atoms with Crippen LogP contribution in [0.15, 0.2) is 58.3 Å². The Labute approximate surface area is 171 Å². The van der Waals surface area contributed by atoms with Crippen LogP contribution in [0.4, 0.5) is 5.69 Å². The van der Waals surface area contributed by atoms with Gasteiger partial charge in [-0.15, -0.1) is 11.3 Å². The van der Waals surface area contributed by atoms with E-state index >= 15 is 0 Å². The number of anilines is 1. The van der Waals surface area contributed by atoms with Gasteiger partial charge in [-0.2, -0.15) is 0 Å². The number of rotatable bonds is 7. The number of carbonyl (C=O) groups excluding carboxylic acids is 2. The first-order chi connectivity index (χ1) is 14.2. The minimum Gasteiger partial charge on any atom is -0.495 e. The molecule has 7 heteroatoms. The van der Waals surface area contributed by atoms with Gasteiger partial charge in [-0.1, -0.05) is 24.3 Å². The van der Waals surface area contributed by atoms with E-state index in [2.05, 4.69) is 10.6 Å². The van der Waals surface area contributed by atoms with Crippen LogP contribution in [-0.4, -0.2) is 25.5 Å². The molecule has 4 rings (SSSR count). The summed E-state index contributed by atoms with van der Waals surface area (Å²) in [5.74, 6) is 0.310. The van der Waals surface area contributed by atoms with Crippen molar-refractivity contribution in [1.29, 1.82) is 0 Å². The molecule has 0 atom stereocenters. The second-order valence-electron chi connectivity index (χ2n) is 6.53. The van der Waals surface area contributed by atoms with Crippen molar-refractivity contribution in [2.75, 3.05) is 19.0 Å². The highest BCUT2D eigenvalue weighted by molar-refractivity contribution is 7.12. The van der Waals surface area contributed by atoms with E-state index in [0.29, 0.717) is 34.9 Å². The Morgan fingerprint density at radius 1 is 1.07 bits per heavy atom. The molecule has 0 radical (unpaired) electrons. The number of benzene rings is 2. The zero-order valence-corrected chi connectivity index (χ0v) is 16.7. The van der Waals surface area contributed by atoms with Crippen LogP contribution in [0.2, 0.25) is 0 Å². The highest BCUT2D eigenvalue weighted by Crippen LogP contribution is 2.36. The summed E-state index contributed by atoms with van der Waals surface area (Å²) in [5, 5.41) is 9.49. The molecule has 2 aromatic carbocycles. The summed E-state index contributed by atoms with van der Waals surface area (Å²) in [4.78, 5) is 24.9. The number of hydrogen-bond acceptors (Lipinski definition) is 5. The first-order valence-electron chi connectivity index (χ1n) is 9.26. The number of amides is 2. The SMILES string of the molecule is COc1cc2c(cc1NC(=O)CCCNC(=O)c1cccs1)oc1ccccc12. The lowest BCUT2D eigenvalue weighted by Crippen LogP contribution is -2.24. The molecule has 148 valence electrons. The normalized spacial score (nSPS) is 10.9. The van der Waals surface area contributed by atoms with Crippen molar-refractivity contribution in [2.45, 2.75) is 12.8 Å². The maximum Gasteiger partial charge on any atom is 0.261 e. The summed E-state index contributed by atoms with van der Waals surface area (Å²) in [6, 6.07) is 15.0. The quantitative estimate of drug-likeness (QED) is 0.430. The van der Waals surface area contributed by atoms with E-state index < -0.39 is 0 Å². The molecule has 0 unspecified atom stereocenters. The Balaban J connectivity index is 1.39. The van der Waals surface area contributed by atoms with Gasteiger partial charge in [0.1, 0.15) is 16.9 Å². The Morgan fingerprint density at radius 3 is 2.72 bits per heavy atom. The van der Waals surface area contributed by atoms with E-state index in [1.807, 2.05) is 41.8 Å². The summed E-state index contributed by atoms with van der Waals surface area (Å²) in [6.07, 6.45) is 0.824. The van der Waals surface area contributed by atoms with Gasteiger partial charge in [0, 0.05) is 29.8 Å². The van der Waals surface area contributed by atoms with Gasteiger partial charge in [0.25, 0.3) is 5.91 Å². The molecule has 2 N–H and O–H groups in total. The first-order valence-corrected chi connectivity index (χ1v) is 10.1. The molecule has 2 amide bonds. The van der Waals surface area contributed by atoms with Crippen molar-refractivity contribution >= 4 is 50.8 Å². The second-order valence-corrected chi connectivity index (χ2v) is 7.48. The third-order valence-corrected chi connectivity index (χ3v) is 5.45. The Bertz CT molecular complexity index is 1160. The molecule has 29 heavy (non-hydrogen) atoms. The highest BCUT2D eigenvalue weighted by Gasteiger charge is 2.14. The molecule has 6 nitrogen and oxygen atoms in total. The van der Waals surface area contributed by atoms with Crippen molar-refractivity contribution in [2.24, 2.45) is 0 Å². The number of para-hydroxylation sites is 1. The second kappa shape index (κ2) is 8.36. The predicted molar refractivity (Wildman–Crippen MR) is 115 cm³/mol. The number of nitrogens with one attached hydrogen (secondary N) is 2. The molecule has 0 fully saturated rings. The molecule has 0 bridgehead atoms. The van der Waals surface area contributed by atoms with Gasteiger partial charge in [-0.25, -0.2) is 0 Å². The largest absolute Gasteiger partial charge is 0.495 e. The van der Waals surface area contributed by atoms with Crippen molar-refractivity contribution in [1.82, 2.24) is 5.32 Å². The van der Waals surface area contributed by atoms with Gasteiger partial charge in [0.05, 0.1) is 17.7 Å². The van der Waals surface area contributed by atoms with Crippen LogP contribution in [0, 0.1) is 0 Å². The molecule has 0 saturated carbocycles. The molecular formula is C22H20N2O4S. The van der Waals surface area contributed by atoms with E-state index in [1.165, 1.54) is 11.3 Å². The summed E-state index contributed by atoms with van der Waals surface area (Å²) < 4.78 is 11.3. The Kier molecular flexibility index (Phi) is 5.48. The van der Waals surface area contributed by atoms with Crippen molar-refractivity contribution < 1.29 is 18.7 Å². The third kappa shape index (κ3) is 4.09. The summed E-state index contributed by atoms with van der Waals surface area (Å²) in [6.45, 7) is 0.434. The topological polar surface area (TPSA) is 80.6 Å². The van der Waals surface area contributed by atoms with E-state index in [-0.39, 0.29) is 18.2 Å². The lowest BCUT2D eigenvalue weighted by atomic mass is 10.1. The van der Waals surface area contributed by atoms with Crippen LogP contribution >= 0.6 is 11.3 Å². The fourth-order valence-electron chi connectivity index (χ4n) is 3.18. The molecule has 0 aliphatic carbocycles. The van der Waals surface area contributed by atoms with Crippen LogP contribution < -0.4 is 15.4 Å². The standard InChI is InChI=1S/C22H20N2O4S/c1-27-19-12-15-14-6-2-3-7-17(14)28-18(15)13-16(19)24-21(25)9-4-10-23-22(26)20-8-5-11-29-20/h2-3,5-8,11-13H,4,9-10H2,1H3,(H,23,26)(H,24,25). The fourth-order valence-corrected chi connectivity index (χ4v) is 3.82. The van der Waals surface area contributed by atoms with Crippen molar-refractivity contribution in [3.05, 3.63) is 58.8 Å². The summed E-state index contributed by atoms with van der Waals surface area (Å²) in [5.41, 5.74) is 2.03. The Hall–Kier alpha value is -3.32. The zero-order chi connectivity index (χ0) is 20.2.